The summed E-state index contributed by atoms with van der Waals surface area (Å²) in [6.45, 7) is 0.146. The Labute approximate surface area is 173 Å². The normalized spacial score (nSPS) is 15.9. The summed E-state index contributed by atoms with van der Waals surface area (Å²) < 4.78 is 5.39. The number of ether oxygens (including phenoxy) is 1. The predicted octanol–water partition coefficient (Wildman–Crippen LogP) is 0.959. The van der Waals surface area contributed by atoms with E-state index in [1.807, 2.05) is 30.3 Å². The first-order valence-corrected chi connectivity index (χ1v) is 9.38. The highest BCUT2D eigenvalue weighted by molar-refractivity contribution is 6.06. The van der Waals surface area contributed by atoms with Crippen molar-refractivity contribution in [1.29, 1.82) is 0 Å². The Kier molecular flexibility index (Phi) is 6.76. The average molecular weight is 410 g/mol. The highest BCUT2D eigenvalue weighted by Gasteiger charge is 2.28. The zero-order valence-corrected chi connectivity index (χ0v) is 16.1. The standard InChI is InChI=1S/C21H22N4O5/c22-16-7-6-14(23-19(27)12-30-11-13-4-2-1-3-5-13)10-15(16)20(28)24-17-8-9-18(26)25-21(17)29/h1-7,10,17H,8-9,11-12,22H2,(H,23,27)(H,24,28)(H,25,26,29). The Balaban J connectivity index is 1.56. The van der Waals surface area contributed by atoms with E-state index in [-0.39, 0.29) is 42.5 Å². The van der Waals surface area contributed by atoms with Gasteiger partial charge in [-0.25, -0.2) is 0 Å². The van der Waals surface area contributed by atoms with Gasteiger partial charge < -0.3 is 21.1 Å². The minimum Gasteiger partial charge on any atom is -0.398 e. The van der Waals surface area contributed by atoms with E-state index in [2.05, 4.69) is 16.0 Å². The first kappa shape index (κ1) is 21.0. The van der Waals surface area contributed by atoms with E-state index in [9.17, 15) is 19.2 Å². The Morgan fingerprint density at radius 3 is 2.63 bits per heavy atom. The summed E-state index contributed by atoms with van der Waals surface area (Å²) in [4.78, 5) is 47.7. The summed E-state index contributed by atoms with van der Waals surface area (Å²) in [5, 5.41) is 7.38. The number of carbonyl (C=O) groups is 4. The molecule has 2 aromatic rings. The molecule has 1 saturated heterocycles. The topological polar surface area (TPSA) is 140 Å². The Morgan fingerprint density at radius 2 is 1.90 bits per heavy atom. The lowest BCUT2D eigenvalue weighted by atomic mass is 10.0. The van der Waals surface area contributed by atoms with Crippen LogP contribution in [0.15, 0.2) is 48.5 Å². The zero-order chi connectivity index (χ0) is 21.5. The van der Waals surface area contributed by atoms with Gasteiger partial charge >= 0.3 is 0 Å². The van der Waals surface area contributed by atoms with Gasteiger partial charge in [0, 0.05) is 17.8 Å². The Hall–Kier alpha value is -3.72. The number of nitrogens with one attached hydrogen (secondary N) is 3. The zero-order valence-electron chi connectivity index (χ0n) is 16.1. The molecule has 0 radical (unpaired) electrons. The molecular formula is C21H22N4O5. The number of amides is 4. The molecule has 1 aliphatic rings. The summed E-state index contributed by atoms with van der Waals surface area (Å²) in [5.74, 6) is -1.88. The monoisotopic (exact) mass is 410 g/mol. The van der Waals surface area contributed by atoms with Gasteiger partial charge in [-0.05, 0) is 30.2 Å². The molecule has 3 rings (SSSR count). The maximum absolute atomic E-state index is 12.5. The van der Waals surface area contributed by atoms with Crippen LogP contribution in [0, 0.1) is 0 Å². The van der Waals surface area contributed by atoms with E-state index in [1.165, 1.54) is 12.1 Å². The molecule has 4 amide bonds. The fourth-order valence-electron chi connectivity index (χ4n) is 2.93. The fraction of sp³-hybridized carbons (Fsp3) is 0.238. The van der Waals surface area contributed by atoms with Gasteiger partial charge in [-0.3, -0.25) is 24.5 Å². The molecule has 0 bridgehead atoms. The molecule has 1 heterocycles. The first-order valence-electron chi connectivity index (χ1n) is 9.38. The maximum atomic E-state index is 12.5. The van der Waals surface area contributed by atoms with Gasteiger partial charge in [0.05, 0.1) is 12.2 Å². The SMILES string of the molecule is Nc1ccc(NC(=O)COCc2ccccc2)cc1C(=O)NC1CCC(=O)NC1=O. The second-order valence-electron chi connectivity index (χ2n) is 6.81. The Bertz CT molecular complexity index is 961. The molecule has 0 aromatic heterocycles. The van der Waals surface area contributed by atoms with Crippen LogP contribution in [-0.2, 0) is 25.7 Å². The lowest BCUT2D eigenvalue weighted by Crippen LogP contribution is -2.52. The number of benzene rings is 2. The number of rotatable bonds is 7. The summed E-state index contributed by atoms with van der Waals surface area (Å²) in [7, 11) is 0. The largest absolute Gasteiger partial charge is 0.398 e. The van der Waals surface area contributed by atoms with Gasteiger partial charge in [0.15, 0.2) is 0 Å². The molecule has 5 N–H and O–H groups in total. The van der Waals surface area contributed by atoms with E-state index in [1.54, 1.807) is 6.07 Å². The van der Waals surface area contributed by atoms with Gasteiger partial charge in [0.25, 0.3) is 5.91 Å². The molecule has 156 valence electrons. The van der Waals surface area contributed by atoms with Crippen molar-refractivity contribution < 1.29 is 23.9 Å². The molecule has 0 saturated carbocycles. The molecule has 1 fully saturated rings. The molecule has 0 aliphatic carbocycles. The number of nitrogens with two attached hydrogens (primary N) is 1. The van der Waals surface area contributed by atoms with E-state index < -0.39 is 17.9 Å². The predicted molar refractivity (Wildman–Crippen MR) is 109 cm³/mol. The van der Waals surface area contributed by atoms with Crippen LogP contribution < -0.4 is 21.7 Å². The average Bonchev–Trinajstić information content (AvgIpc) is 2.72. The first-order chi connectivity index (χ1) is 14.4. The van der Waals surface area contributed by atoms with E-state index in [0.29, 0.717) is 12.3 Å². The van der Waals surface area contributed by atoms with Crippen molar-refractivity contribution in [2.45, 2.75) is 25.5 Å². The molecule has 30 heavy (non-hydrogen) atoms. The summed E-state index contributed by atoms with van der Waals surface area (Å²) in [5.41, 5.74) is 7.50. The highest BCUT2D eigenvalue weighted by Crippen LogP contribution is 2.19. The van der Waals surface area contributed by atoms with Gasteiger partial charge in [-0.2, -0.15) is 0 Å². The van der Waals surface area contributed by atoms with Gasteiger partial charge in [-0.1, -0.05) is 30.3 Å². The number of piperidine rings is 1. The second kappa shape index (κ2) is 9.66. The van der Waals surface area contributed by atoms with Crippen LogP contribution in [0.25, 0.3) is 0 Å². The van der Waals surface area contributed by atoms with Crippen LogP contribution in [0.5, 0.6) is 0 Å². The third-order valence-corrected chi connectivity index (χ3v) is 4.47. The van der Waals surface area contributed by atoms with E-state index in [4.69, 9.17) is 10.5 Å². The van der Waals surface area contributed by atoms with Crippen molar-refractivity contribution in [2.24, 2.45) is 0 Å². The van der Waals surface area contributed by atoms with Crippen molar-refractivity contribution >= 4 is 35.0 Å². The number of anilines is 2. The van der Waals surface area contributed by atoms with Crippen molar-refractivity contribution in [1.82, 2.24) is 10.6 Å². The molecule has 1 unspecified atom stereocenters. The molecule has 1 aliphatic heterocycles. The highest BCUT2D eigenvalue weighted by atomic mass is 16.5. The van der Waals surface area contributed by atoms with Crippen LogP contribution in [-0.4, -0.2) is 36.3 Å². The molecule has 9 heteroatoms. The van der Waals surface area contributed by atoms with Gasteiger partial charge in [-0.15, -0.1) is 0 Å². The molecule has 9 nitrogen and oxygen atoms in total. The number of hydrogen-bond acceptors (Lipinski definition) is 6. The minimum atomic E-state index is -0.820. The van der Waals surface area contributed by atoms with E-state index in [0.717, 1.165) is 5.56 Å². The number of imide groups is 1. The van der Waals surface area contributed by atoms with Crippen LogP contribution in [0.4, 0.5) is 11.4 Å². The maximum Gasteiger partial charge on any atom is 0.254 e. The summed E-state index contributed by atoms with van der Waals surface area (Å²) in [6, 6.07) is 13.1. The number of carbonyl (C=O) groups excluding carboxylic acids is 4. The third kappa shape index (κ3) is 5.65. The van der Waals surface area contributed by atoms with Gasteiger partial charge in [0.1, 0.15) is 12.6 Å². The molecule has 2 aromatic carbocycles. The lowest BCUT2D eigenvalue weighted by Gasteiger charge is -2.22. The van der Waals surface area contributed by atoms with E-state index >= 15 is 0 Å². The number of nitrogen functional groups attached to an aromatic ring is 1. The van der Waals surface area contributed by atoms with Crippen LogP contribution in [0.2, 0.25) is 0 Å². The van der Waals surface area contributed by atoms with Gasteiger partial charge in [0.2, 0.25) is 17.7 Å². The third-order valence-electron chi connectivity index (χ3n) is 4.47. The van der Waals surface area contributed by atoms with Crippen molar-refractivity contribution in [3.8, 4) is 0 Å². The van der Waals surface area contributed by atoms with Crippen LogP contribution in [0.3, 0.4) is 0 Å². The van der Waals surface area contributed by atoms with Crippen molar-refractivity contribution in [3.05, 3.63) is 59.7 Å². The fourth-order valence-corrected chi connectivity index (χ4v) is 2.93. The van der Waals surface area contributed by atoms with Crippen molar-refractivity contribution in [3.63, 3.8) is 0 Å². The summed E-state index contributed by atoms with van der Waals surface area (Å²) in [6.07, 6.45) is 0.358. The smallest absolute Gasteiger partial charge is 0.254 e. The summed E-state index contributed by atoms with van der Waals surface area (Å²) >= 11 is 0. The number of hydrogen-bond donors (Lipinski definition) is 4. The molecule has 0 spiro atoms. The molecular weight excluding hydrogens is 388 g/mol. The van der Waals surface area contributed by atoms with Crippen LogP contribution in [0.1, 0.15) is 28.8 Å². The minimum absolute atomic E-state index is 0.114. The van der Waals surface area contributed by atoms with Crippen LogP contribution >= 0.6 is 0 Å². The lowest BCUT2D eigenvalue weighted by molar-refractivity contribution is -0.134. The molecule has 1 atom stereocenters. The quantitative estimate of drug-likeness (QED) is 0.396. The Morgan fingerprint density at radius 1 is 1.13 bits per heavy atom. The van der Waals surface area contributed by atoms with Crippen molar-refractivity contribution in [2.75, 3.05) is 17.7 Å². The second-order valence-corrected chi connectivity index (χ2v) is 6.81.